The summed E-state index contributed by atoms with van der Waals surface area (Å²) in [6, 6.07) is 12.5. The van der Waals surface area contributed by atoms with Crippen LogP contribution in [0.25, 0.3) is 0 Å². The van der Waals surface area contributed by atoms with Crippen molar-refractivity contribution in [1.29, 1.82) is 0 Å². The third-order valence-corrected chi connectivity index (χ3v) is 5.86. The van der Waals surface area contributed by atoms with Gasteiger partial charge in [0.2, 0.25) is 0 Å². The Kier molecular flexibility index (Phi) is 13.0. The number of hydrogen-bond donors (Lipinski definition) is 0. The van der Waals surface area contributed by atoms with Gasteiger partial charge in [0.15, 0.2) is 0 Å². The second-order valence-electron chi connectivity index (χ2n) is 7.56. The van der Waals surface area contributed by atoms with Crippen molar-refractivity contribution in [3.05, 3.63) is 42.8 Å². The molecule has 3 rings (SSSR count). The summed E-state index contributed by atoms with van der Waals surface area (Å²) in [7, 11) is 0. The van der Waals surface area contributed by atoms with E-state index in [2.05, 4.69) is 19.4 Å². The first-order valence-electron chi connectivity index (χ1n) is 10.1. The fraction of sp³-hybridized carbons (Fsp3) is 0.696. The van der Waals surface area contributed by atoms with Crippen LogP contribution >= 0.6 is 0 Å². The van der Waals surface area contributed by atoms with Crippen LogP contribution in [0.4, 0.5) is 0 Å². The van der Waals surface area contributed by atoms with E-state index >= 15 is 0 Å². The number of benzene rings is 1. The molecule has 0 N–H and O–H groups in total. The van der Waals surface area contributed by atoms with Crippen molar-refractivity contribution in [3.8, 4) is 0 Å². The van der Waals surface area contributed by atoms with Gasteiger partial charge in [0.25, 0.3) is 0 Å². The zero-order valence-corrected chi connectivity index (χ0v) is 17.3. The SMILES string of the molecule is CCCCCC1CCC(C2CC[CH-]CC2)CC1.[Mg+2].[c-]1ccccc1. The van der Waals surface area contributed by atoms with Gasteiger partial charge in [0.1, 0.15) is 0 Å². The maximum absolute atomic E-state index is 2.89. The molecule has 2 aliphatic carbocycles. The van der Waals surface area contributed by atoms with Gasteiger partial charge in [-0.05, 0) is 30.6 Å². The molecule has 1 aromatic rings. The van der Waals surface area contributed by atoms with Crippen molar-refractivity contribution in [2.45, 2.75) is 84.0 Å². The molecule has 1 aromatic carbocycles. The van der Waals surface area contributed by atoms with Crippen molar-refractivity contribution in [1.82, 2.24) is 0 Å². The van der Waals surface area contributed by atoms with Gasteiger partial charge < -0.3 is 6.42 Å². The first kappa shape index (κ1) is 22.0. The second-order valence-corrected chi connectivity index (χ2v) is 7.56. The Balaban J connectivity index is 0.000000349. The molecule has 130 valence electrons. The molecule has 2 fully saturated rings. The molecule has 0 atom stereocenters. The number of unbranched alkanes of at least 4 members (excludes halogenated alkanes) is 2. The van der Waals surface area contributed by atoms with E-state index in [4.69, 9.17) is 0 Å². The Morgan fingerprint density at radius 3 is 1.96 bits per heavy atom. The van der Waals surface area contributed by atoms with Crippen molar-refractivity contribution >= 4 is 23.1 Å². The first-order chi connectivity index (χ1) is 11.4. The van der Waals surface area contributed by atoms with Crippen LogP contribution in [0, 0.1) is 30.2 Å². The summed E-state index contributed by atoms with van der Waals surface area (Å²) in [6.45, 7) is 2.32. The average Bonchev–Trinajstić information content (AvgIpc) is 2.65. The Morgan fingerprint density at radius 1 is 0.833 bits per heavy atom. The van der Waals surface area contributed by atoms with Crippen LogP contribution in [0.15, 0.2) is 30.3 Å². The maximum atomic E-state index is 2.89. The maximum Gasteiger partial charge on any atom is 2.00 e. The third-order valence-electron chi connectivity index (χ3n) is 5.86. The molecule has 0 nitrogen and oxygen atoms in total. The molecule has 0 bridgehead atoms. The van der Waals surface area contributed by atoms with Crippen molar-refractivity contribution in [2.24, 2.45) is 17.8 Å². The van der Waals surface area contributed by atoms with Gasteiger partial charge >= 0.3 is 23.1 Å². The van der Waals surface area contributed by atoms with Crippen LogP contribution in [-0.2, 0) is 0 Å². The molecule has 0 unspecified atom stereocenters. The molecule has 2 aliphatic rings. The largest absolute Gasteiger partial charge is 2.00 e. The van der Waals surface area contributed by atoms with E-state index in [0.717, 1.165) is 17.8 Å². The van der Waals surface area contributed by atoms with Crippen LogP contribution in [0.1, 0.15) is 84.0 Å². The van der Waals surface area contributed by atoms with Crippen LogP contribution in [-0.4, -0.2) is 23.1 Å². The van der Waals surface area contributed by atoms with E-state index in [-0.39, 0.29) is 23.1 Å². The molecular weight excluding hydrogens is 301 g/mol. The zero-order chi connectivity index (χ0) is 16.2. The van der Waals surface area contributed by atoms with E-state index < -0.39 is 0 Å². The summed E-state index contributed by atoms with van der Waals surface area (Å²) >= 11 is 0. The Morgan fingerprint density at radius 2 is 1.46 bits per heavy atom. The molecule has 2 saturated carbocycles. The fourth-order valence-electron chi connectivity index (χ4n) is 4.40. The van der Waals surface area contributed by atoms with Crippen LogP contribution in [0.5, 0.6) is 0 Å². The Labute approximate surface area is 167 Å². The van der Waals surface area contributed by atoms with Gasteiger partial charge in [-0.3, -0.25) is 0 Å². The fourth-order valence-corrected chi connectivity index (χ4v) is 4.40. The molecule has 0 radical (unpaired) electrons. The Hall–Kier alpha value is -0.0138. The van der Waals surface area contributed by atoms with Crippen molar-refractivity contribution in [3.63, 3.8) is 0 Å². The van der Waals surface area contributed by atoms with E-state index in [9.17, 15) is 0 Å². The second kappa shape index (κ2) is 14.2. The molecular formula is C23H36Mg. The van der Waals surface area contributed by atoms with Crippen LogP contribution in [0.3, 0.4) is 0 Å². The molecule has 24 heavy (non-hydrogen) atoms. The molecule has 0 amide bonds. The molecule has 0 aromatic heterocycles. The van der Waals surface area contributed by atoms with Gasteiger partial charge in [-0.2, -0.15) is 49.2 Å². The Bertz CT molecular complexity index is 334. The summed E-state index contributed by atoms with van der Waals surface area (Å²) in [6.07, 6.45) is 20.4. The van der Waals surface area contributed by atoms with Gasteiger partial charge in [-0.25, -0.2) is 0 Å². The number of hydrogen-bond acceptors (Lipinski definition) is 0. The topological polar surface area (TPSA) is 0 Å². The average molecular weight is 337 g/mol. The standard InChI is InChI=1S/C17H31.C6H5.Mg/c1-2-3-5-8-15-11-13-17(14-12-15)16-9-6-4-7-10-16;1-2-4-6-5-3-1;/h4,15-17H,2-3,5-14H2,1H3;1-5H;/q2*-1;+2. The molecule has 0 saturated heterocycles. The summed E-state index contributed by atoms with van der Waals surface area (Å²) in [5, 5.41) is 0. The summed E-state index contributed by atoms with van der Waals surface area (Å²) < 4.78 is 0. The molecule has 0 aliphatic heterocycles. The van der Waals surface area contributed by atoms with Crippen LogP contribution < -0.4 is 0 Å². The van der Waals surface area contributed by atoms with Gasteiger partial charge in [0, 0.05) is 0 Å². The molecule has 1 heteroatoms. The minimum atomic E-state index is 0. The van der Waals surface area contributed by atoms with Gasteiger partial charge in [0.05, 0.1) is 0 Å². The minimum absolute atomic E-state index is 0. The predicted octanol–water partition coefficient (Wildman–Crippen LogP) is 6.87. The first-order valence-corrected chi connectivity index (χ1v) is 10.1. The van der Waals surface area contributed by atoms with Crippen LogP contribution in [0.2, 0.25) is 0 Å². The minimum Gasteiger partial charge on any atom is -0.328 e. The van der Waals surface area contributed by atoms with E-state index in [1.165, 1.54) is 51.4 Å². The van der Waals surface area contributed by atoms with Crippen molar-refractivity contribution in [2.75, 3.05) is 0 Å². The molecule has 0 spiro atoms. The summed E-state index contributed by atoms with van der Waals surface area (Å²) in [5.74, 6) is 3.29. The summed E-state index contributed by atoms with van der Waals surface area (Å²) in [5.41, 5.74) is 0. The molecule has 0 heterocycles. The van der Waals surface area contributed by atoms with Crippen molar-refractivity contribution < 1.29 is 0 Å². The van der Waals surface area contributed by atoms with E-state index in [1.807, 2.05) is 30.3 Å². The third kappa shape index (κ3) is 8.90. The normalized spacial score (nSPS) is 24.4. The van der Waals surface area contributed by atoms with E-state index in [0.29, 0.717) is 0 Å². The monoisotopic (exact) mass is 336 g/mol. The number of rotatable bonds is 5. The summed E-state index contributed by atoms with van der Waals surface area (Å²) in [4.78, 5) is 0. The van der Waals surface area contributed by atoms with Gasteiger partial charge in [-0.1, -0.05) is 58.3 Å². The predicted molar refractivity (Wildman–Crippen MR) is 107 cm³/mol. The zero-order valence-electron chi connectivity index (χ0n) is 15.9. The smallest absolute Gasteiger partial charge is 0.328 e. The quantitative estimate of drug-likeness (QED) is 0.312. The van der Waals surface area contributed by atoms with E-state index in [1.54, 1.807) is 25.7 Å². The van der Waals surface area contributed by atoms with Gasteiger partial charge in [-0.15, -0.1) is 0 Å².